The summed E-state index contributed by atoms with van der Waals surface area (Å²) in [4.78, 5) is 4.07. The van der Waals surface area contributed by atoms with Crippen molar-refractivity contribution in [3.8, 4) is 0 Å². The Morgan fingerprint density at radius 1 is 1.58 bits per heavy atom. The molecule has 1 aliphatic rings. The van der Waals surface area contributed by atoms with Gasteiger partial charge in [-0.1, -0.05) is 6.07 Å². The first kappa shape index (κ1) is 7.71. The zero-order valence-electron chi connectivity index (χ0n) is 6.96. The van der Waals surface area contributed by atoms with Crippen LogP contribution < -0.4 is 11.1 Å². The van der Waals surface area contributed by atoms with Crippen molar-refractivity contribution < 1.29 is 0 Å². The molecule has 3 N–H and O–H groups in total. The molecule has 1 atom stereocenters. The van der Waals surface area contributed by atoms with E-state index in [-0.39, 0.29) is 5.54 Å². The lowest BCUT2D eigenvalue weighted by molar-refractivity contribution is 0.492. The van der Waals surface area contributed by atoms with Crippen molar-refractivity contribution in [3.63, 3.8) is 0 Å². The maximum atomic E-state index is 6.18. The molecular weight excluding hydrogens is 150 g/mol. The molecule has 3 heteroatoms. The van der Waals surface area contributed by atoms with Gasteiger partial charge in [-0.2, -0.15) is 0 Å². The largest absolute Gasteiger partial charge is 0.320 e. The Hall–Kier alpha value is -0.930. The van der Waals surface area contributed by atoms with Gasteiger partial charge in [0.25, 0.3) is 0 Å². The predicted octanol–water partition coefficient (Wildman–Crippen LogP) is 0.229. The van der Waals surface area contributed by atoms with Gasteiger partial charge in [0.15, 0.2) is 0 Å². The Morgan fingerprint density at radius 3 is 3.08 bits per heavy atom. The standard InChI is InChI=1S/C9H13N3/c10-9(3-5-12-7-9)8-2-1-4-11-6-8/h1-2,4,6,12H,3,5,7,10H2. The van der Waals surface area contributed by atoms with Crippen LogP contribution >= 0.6 is 0 Å². The van der Waals surface area contributed by atoms with Crippen molar-refractivity contribution in [1.82, 2.24) is 10.3 Å². The average molecular weight is 163 g/mol. The minimum absolute atomic E-state index is 0.186. The fourth-order valence-electron chi connectivity index (χ4n) is 1.61. The van der Waals surface area contributed by atoms with Gasteiger partial charge in [-0.15, -0.1) is 0 Å². The summed E-state index contributed by atoms with van der Waals surface area (Å²) in [6, 6.07) is 3.97. The Kier molecular flexibility index (Phi) is 1.83. The van der Waals surface area contributed by atoms with Crippen molar-refractivity contribution in [3.05, 3.63) is 30.1 Å². The second-order valence-corrected chi connectivity index (χ2v) is 3.32. The molecule has 12 heavy (non-hydrogen) atoms. The number of hydrogen-bond donors (Lipinski definition) is 2. The maximum absolute atomic E-state index is 6.18. The smallest absolute Gasteiger partial charge is 0.0563 e. The normalized spacial score (nSPS) is 29.1. The molecule has 1 fully saturated rings. The van der Waals surface area contributed by atoms with Crippen LogP contribution in [0, 0.1) is 0 Å². The van der Waals surface area contributed by atoms with E-state index < -0.39 is 0 Å². The molecule has 1 aromatic heterocycles. The highest BCUT2D eigenvalue weighted by atomic mass is 15.0. The Balaban J connectivity index is 2.29. The van der Waals surface area contributed by atoms with Crippen molar-refractivity contribution in [2.75, 3.05) is 13.1 Å². The minimum atomic E-state index is -0.186. The number of aromatic nitrogens is 1. The molecule has 0 radical (unpaired) electrons. The van der Waals surface area contributed by atoms with E-state index in [1.807, 2.05) is 18.3 Å². The molecule has 0 amide bonds. The van der Waals surface area contributed by atoms with Crippen molar-refractivity contribution in [2.24, 2.45) is 5.73 Å². The number of hydrogen-bond acceptors (Lipinski definition) is 3. The molecule has 0 aromatic carbocycles. The third-order valence-corrected chi connectivity index (χ3v) is 2.42. The van der Waals surface area contributed by atoms with Crippen LogP contribution in [0.4, 0.5) is 0 Å². The molecule has 2 heterocycles. The topological polar surface area (TPSA) is 50.9 Å². The van der Waals surface area contributed by atoms with Crippen LogP contribution in [0.3, 0.4) is 0 Å². The first-order valence-electron chi connectivity index (χ1n) is 4.21. The highest BCUT2D eigenvalue weighted by Gasteiger charge is 2.30. The molecule has 1 saturated heterocycles. The van der Waals surface area contributed by atoms with E-state index in [0.717, 1.165) is 25.1 Å². The summed E-state index contributed by atoms with van der Waals surface area (Å²) in [6.45, 7) is 1.87. The fraction of sp³-hybridized carbons (Fsp3) is 0.444. The third-order valence-electron chi connectivity index (χ3n) is 2.42. The summed E-state index contributed by atoms with van der Waals surface area (Å²) in [6.07, 6.45) is 4.63. The first-order chi connectivity index (χ1) is 5.81. The van der Waals surface area contributed by atoms with E-state index >= 15 is 0 Å². The van der Waals surface area contributed by atoms with Gasteiger partial charge < -0.3 is 11.1 Å². The number of nitrogens with zero attached hydrogens (tertiary/aromatic N) is 1. The third kappa shape index (κ3) is 1.21. The summed E-state index contributed by atoms with van der Waals surface area (Å²) in [7, 11) is 0. The fourth-order valence-corrected chi connectivity index (χ4v) is 1.61. The summed E-state index contributed by atoms with van der Waals surface area (Å²) in [5.41, 5.74) is 7.13. The van der Waals surface area contributed by atoms with Crippen LogP contribution in [0.15, 0.2) is 24.5 Å². The molecule has 1 unspecified atom stereocenters. The van der Waals surface area contributed by atoms with Gasteiger partial charge in [0.05, 0.1) is 5.54 Å². The highest BCUT2D eigenvalue weighted by molar-refractivity contribution is 5.22. The van der Waals surface area contributed by atoms with Crippen LogP contribution in [-0.4, -0.2) is 18.1 Å². The Morgan fingerprint density at radius 2 is 2.50 bits per heavy atom. The SMILES string of the molecule is NC1(c2cccnc2)CCNC1. The zero-order chi connectivity index (χ0) is 8.44. The minimum Gasteiger partial charge on any atom is -0.320 e. The average Bonchev–Trinajstić information content (AvgIpc) is 2.55. The highest BCUT2D eigenvalue weighted by Crippen LogP contribution is 2.23. The maximum Gasteiger partial charge on any atom is 0.0563 e. The quantitative estimate of drug-likeness (QED) is 0.623. The van der Waals surface area contributed by atoms with Crippen LogP contribution in [0.1, 0.15) is 12.0 Å². The van der Waals surface area contributed by atoms with Crippen molar-refractivity contribution in [2.45, 2.75) is 12.0 Å². The first-order valence-corrected chi connectivity index (χ1v) is 4.21. The summed E-state index contributed by atoms with van der Waals surface area (Å²) in [5.74, 6) is 0. The molecule has 0 aliphatic carbocycles. The van der Waals surface area contributed by atoms with Crippen LogP contribution in [0.25, 0.3) is 0 Å². The summed E-state index contributed by atoms with van der Waals surface area (Å²) < 4.78 is 0. The Labute approximate surface area is 72.0 Å². The van der Waals surface area contributed by atoms with E-state index in [1.165, 1.54) is 0 Å². The van der Waals surface area contributed by atoms with Gasteiger partial charge in [0, 0.05) is 18.9 Å². The predicted molar refractivity (Wildman–Crippen MR) is 47.6 cm³/mol. The van der Waals surface area contributed by atoms with Crippen LogP contribution in [-0.2, 0) is 5.54 Å². The van der Waals surface area contributed by atoms with E-state index in [9.17, 15) is 0 Å². The molecule has 3 nitrogen and oxygen atoms in total. The number of nitrogens with two attached hydrogens (primary N) is 1. The Bertz CT molecular complexity index is 252. The monoisotopic (exact) mass is 163 g/mol. The number of nitrogens with one attached hydrogen (secondary N) is 1. The molecule has 64 valence electrons. The van der Waals surface area contributed by atoms with Crippen molar-refractivity contribution in [1.29, 1.82) is 0 Å². The second-order valence-electron chi connectivity index (χ2n) is 3.32. The van der Waals surface area contributed by atoms with Gasteiger partial charge in [0.2, 0.25) is 0 Å². The second kappa shape index (κ2) is 2.84. The van der Waals surface area contributed by atoms with Gasteiger partial charge in [-0.05, 0) is 24.6 Å². The number of rotatable bonds is 1. The molecule has 2 rings (SSSR count). The van der Waals surface area contributed by atoms with E-state index in [4.69, 9.17) is 5.73 Å². The lowest BCUT2D eigenvalue weighted by atomic mass is 9.92. The molecule has 0 bridgehead atoms. The molecule has 0 saturated carbocycles. The van der Waals surface area contributed by atoms with Gasteiger partial charge in [-0.25, -0.2) is 0 Å². The summed E-state index contributed by atoms with van der Waals surface area (Å²) in [5, 5.41) is 3.26. The van der Waals surface area contributed by atoms with Gasteiger partial charge >= 0.3 is 0 Å². The summed E-state index contributed by atoms with van der Waals surface area (Å²) >= 11 is 0. The van der Waals surface area contributed by atoms with Crippen LogP contribution in [0.2, 0.25) is 0 Å². The van der Waals surface area contributed by atoms with E-state index in [1.54, 1.807) is 6.20 Å². The van der Waals surface area contributed by atoms with E-state index in [2.05, 4.69) is 10.3 Å². The van der Waals surface area contributed by atoms with Crippen LogP contribution in [0.5, 0.6) is 0 Å². The lowest BCUT2D eigenvalue weighted by Crippen LogP contribution is -2.38. The van der Waals surface area contributed by atoms with E-state index in [0.29, 0.717) is 0 Å². The zero-order valence-corrected chi connectivity index (χ0v) is 6.96. The van der Waals surface area contributed by atoms with Gasteiger partial charge in [-0.3, -0.25) is 4.98 Å². The molecular formula is C9H13N3. The number of pyridine rings is 1. The molecule has 1 aliphatic heterocycles. The lowest BCUT2D eigenvalue weighted by Gasteiger charge is -2.22. The van der Waals surface area contributed by atoms with Crippen molar-refractivity contribution >= 4 is 0 Å². The van der Waals surface area contributed by atoms with Gasteiger partial charge in [0.1, 0.15) is 0 Å². The molecule has 0 spiro atoms. The molecule has 1 aromatic rings.